The highest BCUT2D eigenvalue weighted by molar-refractivity contribution is 6.05. The predicted molar refractivity (Wildman–Crippen MR) is 97.7 cm³/mol. The molecule has 1 unspecified atom stereocenters. The van der Waals surface area contributed by atoms with E-state index >= 15 is 0 Å². The van der Waals surface area contributed by atoms with E-state index in [1.807, 2.05) is 18.2 Å². The molecule has 0 bridgehead atoms. The van der Waals surface area contributed by atoms with Crippen LogP contribution in [0.2, 0.25) is 0 Å². The van der Waals surface area contributed by atoms with Crippen molar-refractivity contribution in [3.63, 3.8) is 0 Å². The standard InChI is InChI=1S/C20H19N3O4/c24-18-9-14(13-3-1-2-4-15(13)21-18)20(25)23-7-5-17-16(10-23)22-19(27-17)12-6-8-26-11-12/h1-4,9,12H,5-8,10-11H2,(H,21,24). The lowest BCUT2D eigenvalue weighted by Gasteiger charge is -2.25. The molecule has 5 rings (SSSR count). The first kappa shape index (κ1) is 16.3. The van der Waals surface area contributed by atoms with Crippen molar-refractivity contribution in [3.8, 4) is 0 Å². The molecular weight excluding hydrogens is 346 g/mol. The number of benzene rings is 1. The minimum absolute atomic E-state index is 0.156. The lowest BCUT2D eigenvalue weighted by atomic mass is 10.1. The summed E-state index contributed by atoms with van der Waals surface area (Å²) in [4.78, 5) is 34.2. The molecule has 0 spiro atoms. The topological polar surface area (TPSA) is 88.4 Å². The van der Waals surface area contributed by atoms with Gasteiger partial charge in [0.2, 0.25) is 5.56 Å². The number of aromatic nitrogens is 2. The van der Waals surface area contributed by atoms with Crippen molar-refractivity contribution in [1.29, 1.82) is 0 Å². The van der Waals surface area contributed by atoms with Crippen molar-refractivity contribution in [3.05, 3.63) is 63.6 Å². The van der Waals surface area contributed by atoms with E-state index in [0.717, 1.165) is 29.9 Å². The van der Waals surface area contributed by atoms with Crippen LogP contribution in [0, 0.1) is 0 Å². The highest BCUT2D eigenvalue weighted by Crippen LogP contribution is 2.29. The molecule has 1 aromatic carbocycles. The molecule has 3 aromatic rings. The number of oxazole rings is 1. The van der Waals surface area contributed by atoms with Crippen LogP contribution in [-0.4, -0.2) is 40.5 Å². The van der Waals surface area contributed by atoms with Crippen molar-refractivity contribution in [2.75, 3.05) is 19.8 Å². The highest BCUT2D eigenvalue weighted by Gasteiger charge is 2.30. The number of carbonyl (C=O) groups excluding carboxylic acids is 1. The Balaban J connectivity index is 1.45. The maximum absolute atomic E-state index is 13.1. The number of hydrogen-bond donors (Lipinski definition) is 1. The Morgan fingerprint density at radius 2 is 2.19 bits per heavy atom. The number of para-hydroxylation sites is 1. The molecule has 27 heavy (non-hydrogen) atoms. The fourth-order valence-corrected chi connectivity index (χ4v) is 3.85. The summed E-state index contributed by atoms with van der Waals surface area (Å²) >= 11 is 0. The molecule has 1 N–H and O–H groups in total. The van der Waals surface area contributed by atoms with E-state index in [1.54, 1.807) is 11.0 Å². The quantitative estimate of drug-likeness (QED) is 0.752. The lowest BCUT2D eigenvalue weighted by Crippen LogP contribution is -2.36. The van der Waals surface area contributed by atoms with Crippen LogP contribution in [0.4, 0.5) is 0 Å². The number of pyridine rings is 1. The molecule has 1 atom stereocenters. The van der Waals surface area contributed by atoms with Gasteiger partial charge in [-0.1, -0.05) is 18.2 Å². The smallest absolute Gasteiger partial charge is 0.255 e. The zero-order valence-electron chi connectivity index (χ0n) is 14.7. The normalized spacial score (nSPS) is 19.4. The van der Waals surface area contributed by atoms with Gasteiger partial charge in [-0.25, -0.2) is 4.98 Å². The molecule has 2 aliphatic heterocycles. The maximum Gasteiger partial charge on any atom is 0.255 e. The minimum atomic E-state index is -0.278. The Bertz CT molecular complexity index is 1080. The largest absolute Gasteiger partial charge is 0.445 e. The molecule has 2 aliphatic rings. The van der Waals surface area contributed by atoms with E-state index in [2.05, 4.69) is 9.97 Å². The molecule has 2 aromatic heterocycles. The van der Waals surface area contributed by atoms with Crippen LogP contribution < -0.4 is 5.56 Å². The number of amides is 1. The first-order valence-corrected chi connectivity index (χ1v) is 9.16. The third-order valence-electron chi connectivity index (χ3n) is 5.29. The summed E-state index contributed by atoms with van der Waals surface area (Å²) < 4.78 is 11.3. The molecule has 0 saturated carbocycles. The monoisotopic (exact) mass is 365 g/mol. The fourth-order valence-electron chi connectivity index (χ4n) is 3.85. The number of ether oxygens (including phenoxy) is 1. The summed E-state index contributed by atoms with van der Waals surface area (Å²) in [5.74, 6) is 1.62. The maximum atomic E-state index is 13.1. The average molecular weight is 365 g/mol. The summed E-state index contributed by atoms with van der Waals surface area (Å²) in [6.07, 6.45) is 1.55. The van der Waals surface area contributed by atoms with Gasteiger partial charge in [-0.15, -0.1) is 0 Å². The first-order chi connectivity index (χ1) is 13.2. The van der Waals surface area contributed by atoms with E-state index in [0.29, 0.717) is 43.1 Å². The van der Waals surface area contributed by atoms with Crippen LogP contribution in [0.3, 0.4) is 0 Å². The number of rotatable bonds is 2. The third-order valence-corrected chi connectivity index (χ3v) is 5.29. The van der Waals surface area contributed by atoms with E-state index < -0.39 is 0 Å². The van der Waals surface area contributed by atoms with Gasteiger partial charge in [-0.2, -0.15) is 0 Å². The number of nitrogens with one attached hydrogen (secondary N) is 1. The fraction of sp³-hybridized carbons (Fsp3) is 0.350. The van der Waals surface area contributed by atoms with Crippen LogP contribution in [0.15, 0.2) is 39.5 Å². The molecule has 7 heteroatoms. The molecule has 1 fully saturated rings. The van der Waals surface area contributed by atoms with Crippen molar-refractivity contribution in [1.82, 2.24) is 14.9 Å². The number of fused-ring (bicyclic) bond motifs is 2. The van der Waals surface area contributed by atoms with Crippen LogP contribution in [0.5, 0.6) is 0 Å². The molecule has 0 aliphatic carbocycles. The molecular formula is C20H19N3O4. The highest BCUT2D eigenvalue weighted by atomic mass is 16.5. The summed E-state index contributed by atoms with van der Waals surface area (Å²) in [6.45, 7) is 2.31. The van der Waals surface area contributed by atoms with Gasteiger partial charge in [0.25, 0.3) is 5.91 Å². The Morgan fingerprint density at radius 1 is 1.30 bits per heavy atom. The van der Waals surface area contributed by atoms with Gasteiger partial charge < -0.3 is 19.0 Å². The molecule has 0 radical (unpaired) electrons. The average Bonchev–Trinajstić information content (AvgIpc) is 3.35. The molecule has 138 valence electrons. The number of aromatic amines is 1. The molecule has 7 nitrogen and oxygen atoms in total. The second kappa shape index (κ2) is 6.35. The van der Waals surface area contributed by atoms with Crippen LogP contribution in [0.25, 0.3) is 10.9 Å². The van der Waals surface area contributed by atoms with Gasteiger partial charge in [-0.05, 0) is 12.5 Å². The Morgan fingerprint density at radius 3 is 3.04 bits per heavy atom. The number of H-pyrrole nitrogens is 1. The Kier molecular flexibility index (Phi) is 3.82. The summed E-state index contributed by atoms with van der Waals surface area (Å²) in [5, 5.41) is 0.747. The molecule has 4 heterocycles. The Hall–Kier alpha value is -2.93. The Labute approximate surface area is 155 Å². The molecule has 1 amide bonds. The van der Waals surface area contributed by atoms with E-state index in [1.165, 1.54) is 6.07 Å². The summed E-state index contributed by atoms with van der Waals surface area (Å²) in [6, 6.07) is 8.73. The first-order valence-electron chi connectivity index (χ1n) is 9.16. The van der Waals surface area contributed by atoms with E-state index in [-0.39, 0.29) is 17.4 Å². The predicted octanol–water partition coefficient (Wildman–Crippen LogP) is 2.22. The SMILES string of the molecule is O=C(c1cc(=O)[nH]c2ccccc12)N1CCc2oc(C3CCOC3)nc2C1. The van der Waals surface area contributed by atoms with Gasteiger partial charge >= 0.3 is 0 Å². The van der Waals surface area contributed by atoms with Crippen LogP contribution >= 0.6 is 0 Å². The van der Waals surface area contributed by atoms with E-state index in [4.69, 9.17) is 9.15 Å². The van der Waals surface area contributed by atoms with Gasteiger partial charge in [-0.3, -0.25) is 9.59 Å². The van der Waals surface area contributed by atoms with Crippen molar-refractivity contribution < 1.29 is 13.9 Å². The number of nitrogens with zero attached hydrogens (tertiary/aromatic N) is 2. The van der Waals surface area contributed by atoms with E-state index in [9.17, 15) is 9.59 Å². The second-order valence-corrected chi connectivity index (χ2v) is 7.05. The zero-order chi connectivity index (χ0) is 18.4. The van der Waals surface area contributed by atoms with Gasteiger partial charge in [0, 0.05) is 36.5 Å². The van der Waals surface area contributed by atoms with Crippen molar-refractivity contribution in [2.45, 2.75) is 25.3 Å². The second-order valence-electron chi connectivity index (χ2n) is 7.05. The van der Waals surface area contributed by atoms with Gasteiger partial charge in [0.05, 0.1) is 24.6 Å². The van der Waals surface area contributed by atoms with Crippen molar-refractivity contribution in [2.24, 2.45) is 0 Å². The number of hydrogen-bond acceptors (Lipinski definition) is 5. The lowest BCUT2D eigenvalue weighted by molar-refractivity contribution is 0.0729. The minimum Gasteiger partial charge on any atom is -0.445 e. The zero-order valence-corrected chi connectivity index (χ0v) is 14.7. The van der Waals surface area contributed by atoms with Gasteiger partial charge in [0.1, 0.15) is 11.5 Å². The number of carbonyl (C=O) groups is 1. The van der Waals surface area contributed by atoms with Gasteiger partial charge in [0.15, 0.2) is 5.89 Å². The van der Waals surface area contributed by atoms with Crippen LogP contribution in [0.1, 0.15) is 40.0 Å². The summed E-state index contributed by atoms with van der Waals surface area (Å²) in [7, 11) is 0. The van der Waals surface area contributed by atoms with Crippen molar-refractivity contribution >= 4 is 16.8 Å². The summed E-state index contributed by atoms with van der Waals surface area (Å²) in [5.41, 5.74) is 1.62. The van der Waals surface area contributed by atoms with Crippen LogP contribution in [-0.2, 0) is 17.7 Å². The molecule has 1 saturated heterocycles. The third kappa shape index (κ3) is 2.84.